The van der Waals surface area contributed by atoms with Crippen LogP contribution in [0.3, 0.4) is 0 Å². The number of esters is 1. The molecule has 64 heavy (non-hydrogen) atoms. The van der Waals surface area contributed by atoms with E-state index >= 15 is 0 Å². The standard InChI is InChI=1S/C51H94O12S/c1-3-5-7-9-11-13-15-17-18-19-20-21-22-23-24-25-26-27-28-29-30-32-34-36-38-40-47(53)61-45(43-59-41-39-37-35-33-31-16-14-12-10-8-6-4-2)44-60-51-49(55)50(63-64(56,57)58)48(54)46(42-52)62-51/h10,12,15,17,19-20,45-46,48-52,54-55H,3-9,11,13-14,16,18,21-44H2,1-2H3,(H,56,57,58)/b12-10-,17-15-,20-19-. The van der Waals surface area contributed by atoms with Gasteiger partial charge in [0.05, 0.1) is 19.8 Å². The molecule has 0 bridgehead atoms. The molecule has 6 atom stereocenters. The number of hydrogen-bond donors (Lipinski definition) is 4. The lowest BCUT2D eigenvalue weighted by Crippen LogP contribution is -2.60. The molecule has 1 heterocycles. The van der Waals surface area contributed by atoms with Gasteiger partial charge in [0.1, 0.15) is 30.5 Å². The predicted octanol–water partition coefficient (Wildman–Crippen LogP) is 11.7. The van der Waals surface area contributed by atoms with Crippen molar-refractivity contribution in [2.75, 3.05) is 26.4 Å². The summed E-state index contributed by atoms with van der Waals surface area (Å²) in [6, 6.07) is 0. The average Bonchev–Trinajstić information content (AvgIpc) is 3.27. The van der Waals surface area contributed by atoms with Gasteiger partial charge in [-0.05, 0) is 64.2 Å². The molecule has 0 aromatic heterocycles. The SMILES string of the molecule is CCCC/C=C\CCCCCCCCOCC(COC1OC(CO)C(O)C(OS(=O)(=O)O)C1O)OC(=O)CCCCCCCCCCCCCCC/C=C\C/C=C\CCCCCCC. The van der Waals surface area contributed by atoms with Gasteiger partial charge in [0.25, 0.3) is 0 Å². The van der Waals surface area contributed by atoms with Gasteiger partial charge in [0.15, 0.2) is 6.29 Å². The molecule has 4 N–H and O–H groups in total. The van der Waals surface area contributed by atoms with Gasteiger partial charge in [0, 0.05) is 13.0 Å². The highest BCUT2D eigenvalue weighted by Gasteiger charge is 2.48. The Morgan fingerprint density at radius 1 is 0.594 bits per heavy atom. The second-order valence-corrected chi connectivity index (χ2v) is 18.8. The maximum atomic E-state index is 12.9. The van der Waals surface area contributed by atoms with Gasteiger partial charge >= 0.3 is 16.4 Å². The number of unbranched alkanes of at least 4 members (excludes halogenated alkanes) is 26. The summed E-state index contributed by atoms with van der Waals surface area (Å²) < 4.78 is 59.2. The van der Waals surface area contributed by atoms with Crippen LogP contribution in [0, 0.1) is 0 Å². The van der Waals surface area contributed by atoms with Gasteiger partial charge in [-0.25, -0.2) is 4.18 Å². The Labute approximate surface area is 390 Å². The highest BCUT2D eigenvalue weighted by molar-refractivity contribution is 7.80. The summed E-state index contributed by atoms with van der Waals surface area (Å²) in [5.74, 6) is -0.401. The van der Waals surface area contributed by atoms with Crippen molar-refractivity contribution in [3.63, 3.8) is 0 Å². The highest BCUT2D eigenvalue weighted by Crippen LogP contribution is 2.26. The molecule has 0 saturated carbocycles. The van der Waals surface area contributed by atoms with Crippen LogP contribution in [0.4, 0.5) is 0 Å². The smallest absolute Gasteiger partial charge is 0.397 e. The molecule has 1 rings (SSSR count). The minimum absolute atomic E-state index is 0.0329. The molecule has 0 radical (unpaired) electrons. The molecular weight excluding hydrogens is 837 g/mol. The molecule has 1 saturated heterocycles. The molecule has 376 valence electrons. The van der Waals surface area contributed by atoms with Crippen molar-refractivity contribution in [3.8, 4) is 0 Å². The van der Waals surface area contributed by atoms with Crippen molar-refractivity contribution in [1.29, 1.82) is 0 Å². The lowest BCUT2D eigenvalue weighted by Gasteiger charge is -2.41. The summed E-state index contributed by atoms with van der Waals surface area (Å²) in [5.41, 5.74) is 0. The Morgan fingerprint density at radius 2 is 1.05 bits per heavy atom. The number of aliphatic hydroxyl groups excluding tert-OH is 3. The Hall–Kier alpha value is -1.68. The fourth-order valence-electron chi connectivity index (χ4n) is 7.80. The van der Waals surface area contributed by atoms with Crippen LogP contribution in [0.5, 0.6) is 0 Å². The van der Waals surface area contributed by atoms with Crippen LogP contribution < -0.4 is 0 Å². The second-order valence-electron chi connectivity index (χ2n) is 17.8. The van der Waals surface area contributed by atoms with Gasteiger partial charge in [-0.2, -0.15) is 8.42 Å². The molecule has 0 aliphatic carbocycles. The van der Waals surface area contributed by atoms with Crippen molar-refractivity contribution in [1.82, 2.24) is 0 Å². The van der Waals surface area contributed by atoms with Crippen molar-refractivity contribution in [3.05, 3.63) is 36.5 Å². The molecule has 0 aromatic carbocycles. The number of carbonyl (C=O) groups is 1. The van der Waals surface area contributed by atoms with E-state index in [9.17, 15) is 33.1 Å². The van der Waals surface area contributed by atoms with E-state index in [1.807, 2.05) is 0 Å². The van der Waals surface area contributed by atoms with Crippen molar-refractivity contribution < 1.29 is 56.2 Å². The molecule has 12 nitrogen and oxygen atoms in total. The average molecular weight is 931 g/mol. The topological polar surface area (TPSA) is 178 Å². The number of aliphatic hydroxyl groups is 3. The van der Waals surface area contributed by atoms with E-state index in [-0.39, 0.29) is 19.6 Å². The van der Waals surface area contributed by atoms with Crippen LogP contribution in [0.1, 0.15) is 219 Å². The van der Waals surface area contributed by atoms with E-state index in [2.05, 4.69) is 54.5 Å². The molecule has 0 aromatic rings. The van der Waals surface area contributed by atoms with E-state index in [1.165, 1.54) is 135 Å². The monoisotopic (exact) mass is 931 g/mol. The highest BCUT2D eigenvalue weighted by atomic mass is 32.3. The number of rotatable bonds is 45. The molecule has 1 fully saturated rings. The Balaban J connectivity index is 2.30. The normalized spacial score (nSPS) is 20.0. The maximum Gasteiger partial charge on any atom is 0.397 e. The Morgan fingerprint density at radius 3 is 1.55 bits per heavy atom. The first-order valence-electron chi connectivity index (χ1n) is 25.7. The fourth-order valence-corrected chi connectivity index (χ4v) is 8.31. The lowest BCUT2D eigenvalue weighted by molar-refractivity contribution is -0.301. The van der Waals surface area contributed by atoms with Crippen molar-refractivity contribution >= 4 is 16.4 Å². The summed E-state index contributed by atoms with van der Waals surface area (Å²) in [4.78, 5) is 12.9. The molecule has 0 spiro atoms. The summed E-state index contributed by atoms with van der Waals surface area (Å²) in [6.07, 6.45) is 41.8. The van der Waals surface area contributed by atoms with Gasteiger partial charge < -0.3 is 34.3 Å². The zero-order chi connectivity index (χ0) is 46.8. The minimum Gasteiger partial charge on any atom is -0.457 e. The van der Waals surface area contributed by atoms with Gasteiger partial charge in [-0.1, -0.05) is 185 Å². The van der Waals surface area contributed by atoms with Crippen LogP contribution in [0.2, 0.25) is 0 Å². The minimum atomic E-state index is -5.06. The molecule has 6 unspecified atom stereocenters. The Kier molecular flexibility index (Phi) is 40.2. The zero-order valence-electron chi connectivity index (χ0n) is 40.3. The zero-order valence-corrected chi connectivity index (χ0v) is 41.2. The van der Waals surface area contributed by atoms with Crippen molar-refractivity contribution in [2.24, 2.45) is 0 Å². The summed E-state index contributed by atoms with van der Waals surface area (Å²) in [6.45, 7) is 3.95. The lowest BCUT2D eigenvalue weighted by atomic mass is 9.99. The summed E-state index contributed by atoms with van der Waals surface area (Å²) in [7, 11) is -5.06. The summed E-state index contributed by atoms with van der Waals surface area (Å²) >= 11 is 0. The van der Waals surface area contributed by atoms with Crippen LogP contribution in [0.15, 0.2) is 36.5 Å². The quantitative estimate of drug-likeness (QED) is 0.0197. The van der Waals surface area contributed by atoms with E-state index < -0.39 is 59.8 Å². The molecular formula is C51H94O12S. The number of allylic oxidation sites excluding steroid dienone is 6. The van der Waals surface area contributed by atoms with E-state index in [0.717, 1.165) is 57.8 Å². The largest absolute Gasteiger partial charge is 0.457 e. The van der Waals surface area contributed by atoms with Gasteiger partial charge in [0.2, 0.25) is 0 Å². The first-order valence-corrected chi connectivity index (χ1v) is 27.1. The van der Waals surface area contributed by atoms with Crippen LogP contribution in [-0.2, 0) is 38.3 Å². The van der Waals surface area contributed by atoms with Crippen LogP contribution >= 0.6 is 0 Å². The third-order valence-corrected chi connectivity index (χ3v) is 12.2. The fraction of sp³-hybridized carbons (Fsp3) is 0.863. The number of ether oxygens (including phenoxy) is 4. The molecule has 1 aliphatic rings. The second kappa shape index (κ2) is 42.7. The first kappa shape index (κ1) is 60.3. The van der Waals surface area contributed by atoms with Crippen LogP contribution in [-0.4, -0.2) is 97.5 Å². The van der Waals surface area contributed by atoms with E-state index in [4.69, 9.17) is 18.9 Å². The molecule has 1 aliphatic heterocycles. The number of carbonyl (C=O) groups excluding carboxylic acids is 1. The summed E-state index contributed by atoms with van der Waals surface area (Å²) in [5, 5.41) is 30.7. The van der Waals surface area contributed by atoms with E-state index in [0.29, 0.717) is 13.0 Å². The van der Waals surface area contributed by atoms with Gasteiger partial charge in [-0.15, -0.1) is 0 Å². The maximum absolute atomic E-state index is 12.9. The number of hydrogen-bond acceptors (Lipinski definition) is 11. The molecule has 13 heteroatoms. The van der Waals surface area contributed by atoms with E-state index in [1.54, 1.807) is 0 Å². The predicted molar refractivity (Wildman–Crippen MR) is 257 cm³/mol. The third kappa shape index (κ3) is 35.5. The molecule has 0 amide bonds. The third-order valence-electron chi connectivity index (χ3n) is 11.7. The first-order chi connectivity index (χ1) is 31.1. The van der Waals surface area contributed by atoms with Crippen LogP contribution in [0.25, 0.3) is 0 Å². The van der Waals surface area contributed by atoms with Gasteiger partial charge in [-0.3, -0.25) is 9.35 Å². The Bertz CT molecular complexity index is 1260. The van der Waals surface area contributed by atoms with Crippen molar-refractivity contribution in [2.45, 2.75) is 256 Å².